The molecule has 0 aliphatic heterocycles. The van der Waals surface area contributed by atoms with Crippen LogP contribution in [0.2, 0.25) is 0 Å². The minimum absolute atomic E-state index is 0.0312. The molecule has 13 heteroatoms. The van der Waals surface area contributed by atoms with E-state index in [9.17, 15) is 22.4 Å². The fraction of sp³-hybridized carbons (Fsp3) is 0.286. The first-order valence-corrected chi connectivity index (χ1v) is 7.46. The van der Waals surface area contributed by atoms with Crippen LogP contribution in [0.1, 0.15) is 12.0 Å². The van der Waals surface area contributed by atoms with Crippen molar-refractivity contribution in [2.75, 3.05) is 18.5 Å². The first kappa shape index (κ1) is 18.6. The monoisotopic (exact) mass is 389 g/mol. The number of rotatable bonds is 6. The molecule has 0 unspecified atom stereocenters. The number of hydrogen-bond donors (Lipinski definition) is 2. The number of halogens is 4. The number of benzene rings is 1. The van der Waals surface area contributed by atoms with Gasteiger partial charge in [0.15, 0.2) is 5.69 Å². The van der Waals surface area contributed by atoms with Gasteiger partial charge in [-0.2, -0.15) is 13.2 Å². The van der Waals surface area contributed by atoms with E-state index in [0.717, 1.165) is 6.07 Å². The summed E-state index contributed by atoms with van der Waals surface area (Å²) in [5, 5.41) is 22.2. The Hall–Kier alpha value is -3.22. The van der Waals surface area contributed by atoms with Crippen molar-refractivity contribution in [2.24, 2.45) is 0 Å². The second-order valence-corrected chi connectivity index (χ2v) is 5.23. The molecule has 27 heavy (non-hydrogen) atoms. The lowest BCUT2D eigenvalue weighted by Crippen LogP contribution is -2.16. The molecule has 0 amide bonds. The van der Waals surface area contributed by atoms with Gasteiger partial charge in [-0.05, 0) is 34.9 Å². The van der Waals surface area contributed by atoms with Gasteiger partial charge < -0.3 is 10.4 Å². The molecular formula is C14H11F4N5O4. The summed E-state index contributed by atoms with van der Waals surface area (Å²) in [6.07, 6.45) is -4.60. The highest BCUT2D eigenvalue weighted by Gasteiger charge is 2.35. The largest absolute Gasteiger partial charge is 0.446 e. The third-order valence-electron chi connectivity index (χ3n) is 3.45. The minimum atomic E-state index is -4.96. The number of nitrogens with one attached hydrogen (secondary N) is 1. The van der Waals surface area contributed by atoms with E-state index in [2.05, 4.69) is 29.9 Å². The number of aliphatic hydroxyl groups excluding tert-OH is 1. The molecule has 0 bridgehead atoms. The summed E-state index contributed by atoms with van der Waals surface area (Å²) < 4.78 is 62.1. The van der Waals surface area contributed by atoms with Gasteiger partial charge in [-0.25, -0.2) is 18.4 Å². The van der Waals surface area contributed by atoms with E-state index in [1.165, 1.54) is 0 Å². The van der Waals surface area contributed by atoms with Gasteiger partial charge in [0.05, 0.1) is 11.3 Å². The number of hydrogen-bond acceptors (Lipinski definition) is 8. The molecule has 0 saturated carbocycles. The highest BCUT2D eigenvalue weighted by atomic mass is 19.4. The molecule has 0 spiro atoms. The van der Waals surface area contributed by atoms with Gasteiger partial charge in [0.25, 0.3) is 0 Å². The summed E-state index contributed by atoms with van der Waals surface area (Å²) in [6, 6.07) is 1.98. The standard InChI is InChI=1S/C14H11F4N5O4/c15-9-3-2-7(6-8(9)14(16,17)18)23-12(22-26-13(23)25)10-11(21-27-20-10)19-4-1-5-24/h2-3,6,24H,1,4-5H2,(H,19,21). The SMILES string of the molecule is O=c1onc(-c2nonc2NCCCO)n1-c1ccc(F)c(C(F)(F)F)c1. The summed E-state index contributed by atoms with van der Waals surface area (Å²) in [7, 11) is 0. The third-order valence-corrected chi connectivity index (χ3v) is 3.45. The Morgan fingerprint density at radius 1 is 1.22 bits per heavy atom. The third kappa shape index (κ3) is 3.67. The minimum Gasteiger partial charge on any atom is -0.396 e. The van der Waals surface area contributed by atoms with Gasteiger partial charge in [-0.3, -0.25) is 4.52 Å². The fourth-order valence-corrected chi connectivity index (χ4v) is 2.23. The average molecular weight is 389 g/mol. The summed E-state index contributed by atoms with van der Waals surface area (Å²) in [5.41, 5.74) is -2.01. The molecule has 144 valence electrons. The van der Waals surface area contributed by atoms with Gasteiger partial charge in [0.2, 0.25) is 11.6 Å². The fourth-order valence-electron chi connectivity index (χ4n) is 2.23. The van der Waals surface area contributed by atoms with Crippen LogP contribution in [-0.2, 0) is 6.18 Å². The van der Waals surface area contributed by atoms with E-state index in [-0.39, 0.29) is 36.2 Å². The van der Waals surface area contributed by atoms with Crippen LogP contribution >= 0.6 is 0 Å². The molecule has 0 radical (unpaired) electrons. The molecule has 9 nitrogen and oxygen atoms in total. The molecule has 0 atom stereocenters. The topological polar surface area (TPSA) is 119 Å². The van der Waals surface area contributed by atoms with Crippen molar-refractivity contribution in [3.05, 3.63) is 40.1 Å². The smallest absolute Gasteiger partial charge is 0.396 e. The van der Waals surface area contributed by atoms with Crippen LogP contribution in [0.15, 0.2) is 32.1 Å². The lowest BCUT2D eigenvalue weighted by atomic mass is 10.1. The Balaban J connectivity index is 2.08. The van der Waals surface area contributed by atoms with Crippen LogP contribution in [0.4, 0.5) is 23.4 Å². The predicted octanol–water partition coefficient (Wildman–Crippen LogP) is 1.83. The lowest BCUT2D eigenvalue weighted by molar-refractivity contribution is -0.140. The maximum Gasteiger partial charge on any atom is 0.446 e. The summed E-state index contributed by atoms with van der Waals surface area (Å²) in [6.45, 7) is 0.173. The van der Waals surface area contributed by atoms with Crippen molar-refractivity contribution in [3.63, 3.8) is 0 Å². The van der Waals surface area contributed by atoms with Crippen molar-refractivity contribution >= 4 is 5.82 Å². The Morgan fingerprint density at radius 3 is 2.70 bits per heavy atom. The van der Waals surface area contributed by atoms with E-state index in [0.29, 0.717) is 23.1 Å². The van der Waals surface area contributed by atoms with Gasteiger partial charge >= 0.3 is 11.9 Å². The summed E-state index contributed by atoms with van der Waals surface area (Å²) in [4.78, 5) is 12.0. The first-order valence-electron chi connectivity index (χ1n) is 7.46. The number of aromatic nitrogens is 4. The summed E-state index contributed by atoms with van der Waals surface area (Å²) >= 11 is 0. The van der Waals surface area contributed by atoms with Crippen molar-refractivity contribution in [1.82, 2.24) is 20.0 Å². The molecule has 2 aromatic heterocycles. The molecule has 3 rings (SSSR count). The molecule has 1 aromatic carbocycles. The van der Waals surface area contributed by atoms with Crippen LogP contribution in [0.5, 0.6) is 0 Å². The number of alkyl halides is 3. The molecule has 0 saturated heterocycles. The van der Waals surface area contributed by atoms with Crippen LogP contribution in [0, 0.1) is 5.82 Å². The van der Waals surface area contributed by atoms with E-state index < -0.39 is 23.3 Å². The normalized spacial score (nSPS) is 11.7. The summed E-state index contributed by atoms with van der Waals surface area (Å²) in [5.74, 6) is -2.88. The zero-order valence-electron chi connectivity index (χ0n) is 13.3. The maximum absolute atomic E-state index is 13.5. The highest BCUT2D eigenvalue weighted by Crippen LogP contribution is 2.33. The van der Waals surface area contributed by atoms with Gasteiger partial charge in [0.1, 0.15) is 5.82 Å². The maximum atomic E-state index is 13.5. The molecule has 2 heterocycles. The molecular weight excluding hydrogens is 378 g/mol. The lowest BCUT2D eigenvalue weighted by Gasteiger charge is -2.10. The van der Waals surface area contributed by atoms with Crippen LogP contribution in [0.3, 0.4) is 0 Å². The molecule has 0 aliphatic carbocycles. The first-order chi connectivity index (χ1) is 12.8. The van der Waals surface area contributed by atoms with Crippen molar-refractivity contribution in [1.29, 1.82) is 0 Å². The van der Waals surface area contributed by atoms with Crippen molar-refractivity contribution in [3.8, 4) is 17.2 Å². The van der Waals surface area contributed by atoms with E-state index in [4.69, 9.17) is 5.11 Å². The van der Waals surface area contributed by atoms with Crippen LogP contribution < -0.4 is 11.1 Å². The van der Waals surface area contributed by atoms with Gasteiger partial charge in [-0.15, -0.1) is 0 Å². The molecule has 0 aliphatic rings. The van der Waals surface area contributed by atoms with Crippen LogP contribution in [0.25, 0.3) is 17.2 Å². The van der Waals surface area contributed by atoms with E-state index >= 15 is 0 Å². The highest BCUT2D eigenvalue weighted by molar-refractivity contribution is 5.66. The Kier molecular flexibility index (Phi) is 4.94. The van der Waals surface area contributed by atoms with Crippen molar-refractivity contribution < 1.29 is 31.8 Å². The Bertz CT molecular complexity index is 994. The van der Waals surface area contributed by atoms with Crippen LogP contribution in [-0.4, -0.2) is 38.3 Å². The molecule has 0 fully saturated rings. The Labute approximate surface area is 147 Å². The van der Waals surface area contributed by atoms with Gasteiger partial charge in [-0.1, -0.05) is 5.16 Å². The average Bonchev–Trinajstić information content (AvgIpc) is 3.21. The van der Waals surface area contributed by atoms with E-state index in [1.807, 2.05) is 0 Å². The second kappa shape index (κ2) is 7.19. The Morgan fingerprint density at radius 2 is 2.00 bits per heavy atom. The predicted molar refractivity (Wildman–Crippen MR) is 80.5 cm³/mol. The molecule has 2 N–H and O–H groups in total. The number of anilines is 1. The number of aliphatic hydroxyl groups is 1. The number of nitrogens with zero attached hydrogens (tertiary/aromatic N) is 4. The van der Waals surface area contributed by atoms with Crippen molar-refractivity contribution in [2.45, 2.75) is 12.6 Å². The second-order valence-electron chi connectivity index (χ2n) is 5.23. The quantitative estimate of drug-likeness (QED) is 0.484. The van der Waals surface area contributed by atoms with E-state index in [1.54, 1.807) is 0 Å². The molecule has 3 aromatic rings. The zero-order chi connectivity index (χ0) is 19.6. The van der Waals surface area contributed by atoms with Gasteiger partial charge in [0, 0.05) is 13.2 Å². The zero-order valence-corrected chi connectivity index (χ0v) is 13.3.